The van der Waals surface area contributed by atoms with Crippen molar-refractivity contribution in [1.29, 1.82) is 0 Å². The van der Waals surface area contributed by atoms with Crippen LogP contribution in [0.1, 0.15) is 53.1 Å². The molecule has 9 heteroatoms. The van der Waals surface area contributed by atoms with E-state index in [4.69, 9.17) is 11.6 Å². The molecule has 0 aliphatic carbocycles. The van der Waals surface area contributed by atoms with E-state index in [0.29, 0.717) is 28.8 Å². The largest absolute Gasteiger partial charge is 0.328 e. The standard InChI is InChI=1S/C25H28ClN5O2S/c1-4-30-23(21-10-7-11-31(21)24(33)19-8-5-6-9-20(19)26)28-29-25(30)34-15-22(32)27-18-13-16(2)12-17(3)14-18/h5-6,8-9,12-14,21H,4,7,10-11,15H2,1-3H3,(H,27,32). The van der Waals surface area contributed by atoms with Crippen LogP contribution in [-0.4, -0.2) is 43.8 Å². The minimum absolute atomic E-state index is 0.0965. The number of thioether (sulfide) groups is 1. The second kappa shape index (κ2) is 10.6. The molecule has 1 N–H and O–H groups in total. The number of hydrogen-bond donors (Lipinski definition) is 1. The van der Waals surface area contributed by atoms with E-state index in [1.54, 1.807) is 12.1 Å². The highest BCUT2D eigenvalue weighted by molar-refractivity contribution is 7.99. The average molecular weight is 498 g/mol. The summed E-state index contributed by atoms with van der Waals surface area (Å²) in [7, 11) is 0. The molecule has 178 valence electrons. The number of rotatable bonds is 7. The van der Waals surface area contributed by atoms with Crippen LogP contribution in [0.5, 0.6) is 0 Å². The first-order valence-corrected chi connectivity index (χ1v) is 12.7. The Labute approximate surface area is 208 Å². The van der Waals surface area contributed by atoms with Gasteiger partial charge in [-0.15, -0.1) is 10.2 Å². The van der Waals surface area contributed by atoms with E-state index < -0.39 is 0 Å². The monoisotopic (exact) mass is 497 g/mol. The van der Waals surface area contributed by atoms with Crippen LogP contribution in [0.3, 0.4) is 0 Å². The van der Waals surface area contributed by atoms with E-state index in [2.05, 4.69) is 21.6 Å². The predicted molar refractivity (Wildman–Crippen MR) is 135 cm³/mol. The Morgan fingerprint density at radius 3 is 2.59 bits per heavy atom. The minimum Gasteiger partial charge on any atom is -0.328 e. The summed E-state index contributed by atoms with van der Waals surface area (Å²) in [6.07, 6.45) is 1.70. The molecule has 1 unspecified atom stereocenters. The van der Waals surface area contributed by atoms with Gasteiger partial charge >= 0.3 is 0 Å². The molecule has 1 aromatic heterocycles. The summed E-state index contributed by atoms with van der Waals surface area (Å²) >= 11 is 7.63. The lowest BCUT2D eigenvalue weighted by atomic mass is 10.1. The van der Waals surface area contributed by atoms with E-state index in [0.717, 1.165) is 35.5 Å². The molecule has 3 aromatic rings. The molecule has 0 radical (unpaired) electrons. The molecule has 0 saturated carbocycles. The van der Waals surface area contributed by atoms with E-state index in [9.17, 15) is 9.59 Å². The number of benzene rings is 2. The Hall–Kier alpha value is -2.84. The van der Waals surface area contributed by atoms with Crippen molar-refractivity contribution in [3.8, 4) is 0 Å². The first-order chi connectivity index (χ1) is 16.4. The third-order valence-electron chi connectivity index (χ3n) is 5.82. The zero-order valence-corrected chi connectivity index (χ0v) is 21.1. The van der Waals surface area contributed by atoms with Gasteiger partial charge in [0.05, 0.1) is 22.4 Å². The summed E-state index contributed by atoms with van der Waals surface area (Å²) in [6, 6.07) is 12.9. The lowest BCUT2D eigenvalue weighted by molar-refractivity contribution is -0.113. The Bertz CT molecular complexity index is 1190. The van der Waals surface area contributed by atoms with Gasteiger partial charge in [-0.3, -0.25) is 9.59 Å². The number of likely N-dealkylation sites (tertiary alicyclic amines) is 1. The normalized spacial score (nSPS) is 15.5. The summed E-state index contributed by atoms with van der Waals surface area (Å²) in [4.78, 5) is 27.6. The lowest BCUT2D eigenvalue weighted by Gasteiger charge is -2.25. The Balaban J connectivity index is 1.47. The van der Waals surface area contributed by atoms with Crippen molar-refractivity contribution in [3.05, 3.63) is 70.0 Å². The van der Waals surface area contributed by atoms with Gasteiger partial charge in [-0.25, -0.2) is 0 Å². The molecule has 0 spiro atoms. The third-order valence-corrected chi connectivity index (χ3v) is 7.11. The zero-order valence-electron chi connectivity index (χ0n) is 19.5. The molecule has 4 rings (SSSR count). The number of carbonyl (C=O) groups excluding carboxylic acids is 2. The number of anilines is 1. The number of nitrogens with zero attached hydrogens (tertiary/aromatic N) is 4. The number of amides is 2. The van der Waals surface area contributed by atoms with Crippen LogP contribution >= 0.6 is 23.4 Å². The fourth-order valence-corrected chi connectivity index (χ4v) is 5.42. The summed E-state index contributed by atoms with van der Waals surface area (Å²) in [5.74, 6) is 0.773. The number of nitrogens with one attached hydrogen (secondary N) is 1. The molecule has 1 aliphatic heterocycles. The molecule has 2 amide bonds. The van der Waals surface area contributed by atoms with Crippen LogP contribution in [0.2, 0.25) is 5.02 Å². The first-order valence-electron chi connectivity index (χ1n) is 11.4. The molecule has 2 aromatic carbocycles. The van der Waals surface area contributed by atoms with Crippen molar-refractivity contribution < 1.29 is 9.59 Å². The maximum absolute atomic E-state index is 13.2. The summed E-state index contributed by atoms with van der Waals surface area (Å²) < 4.78 is 2.00. The fraction of sp³-hybridized carbons (Fsp3) is 0.360. The molecule has 1 saturated heterocycles. The van der Waals surface area contributed by atoms with Crippen molar-refractivity contribution in [2.24, 2.45) is 0 Å². The van der Waals surface area contributed by atoms with Gasteiger partial charge in [-0.1, -0.05) is 41.6 Å². The third kappa shape index (κ3) is 5.28. The predicted octanol–water partition coefficient (Wildman–Crippen LogP) is 5.28. The molecular weight excluding hydrogens is 470 g/mol. The van der Waals surface area contributed by atoms with E-state index in [-0.39, 0.29) is 23.6 Å². The number of carbonyl (C=O) groups is 2. The number of hydrogen-bond acceptors (Lipinski definition) is 5. The highest BCUT2D eigenvalue weighted by Gasteiger charge is 2.35. The maximum atomic E-state index is 13.2. The molecular formula is C25H28ClN5O2S. The molecule has 1 aliphatic rings. The molecule has 34 heavy (non-hydrogen) atoms. The first kappa shape index (κ1) is 24.3. The van der Waals surface area contributed by atoms with Gasteiger partial charge in [0, 0.05) is 18.8 Å². The van der Waals surface area contributed by atoms with Gasteiger partial charge in [0.1, 0.15) is 0 Å². The smallest absolute Gasteiger partial charge is 0.255 e. The van der Waals surface area contributed by atoms with Crippen LogP contribution in [0.15, 0.2) is 47.6 Å². The summed E-state index contributed by atoms with van der Waals surface area (Å²) in [5.41, 5.74) is 3.49. The SMILES string of the molecule is CCn1c(SCC(=O)Nc2cc(C)cc(C)c2)nnc1C1CCCN1C(=O)c1ccccc1Cl. The highest BCUT2D eigenvalue weighted by atomic mass is 35.5. The average Bonchev–Trinajstić information content (AvgIpc) is 3.43. The Morgan fingerprint density at radius 2 is 1.88 bits per heavy atom. The zero-order chi connectivity index (χ0) is 24.2. The maximum Gasteiger partial charge on any atom is 0.255 e. The van der Waals surface area contributed by atoms with Gasteiger partial charge in [-0.05, 0) is 69.0 Å². The van der Waals surface area contributed by atoms with Crippen molar-refractivity contribution in [2.75, 3.05) is 17.6 Å². The number of halogens is 1. The fourth-order valence-electron chi connectivity index (χ4n) is 4.39. The molecule has 2 heterocycles. The Morgan fingerprint density at radius 1 is 1.15 bits per heavy atom. The van der Waals surface area contributed by atoms with Crippen LogP contribution < -0.4 is 5.32 Å². The molecule has 7 nitrogen and oxygen atoms in total. The van der Waals surface area contributed by atoms with Gasteiger partial charge in [0.25, 0.3) is 5.91 Å². The highest BCUT2D eigenvalue weighted by Crippen LogP contribution is 2.34. The Kier molecular flexibility index (Phi) is 7.58. The topological polar surface area (TPSA) is 80.1 Å². The second-order valence-electron chi connectivity index (χ2n) is 8.43. The van der Waals surface area contributed by atoms with Crippen molar-refractivity contribution in [1.82, 2.24) is 19.7 Å². The van der Waals surface area contributed by atoms with E-state index in [1.165, 1.54) is 11.8 Å². The molecule has 1 fully saturated rings. The van der Waals surface area contributed by atoms with Gasteiger partial charge in [-0.2, -0.15) is 0 Å². The number of aryl methyl sites for hydroxylation is 2. The summed E-state index contributed by atoms with van der Waals surface area (Å²) in [5, 5.41) is 12.9. The molecule has 0 bridgehead atoms. The second-order valence-corrected chi connectivity index (χ2v) is 9.78. The quantitative estimate of drug-likeness (QED) is 0.449. The van der Waals surface area contributed by atoms with Crippen molar-refractivity contribution >= 4 is 40.9 Å². The summed E-state index contributed by atoms with van der Waals surface area (Å²) in [6.45, 7) is 7.32. The van der Waals surface area contributed by atoms with Gasteiger partial charge in [0.2, 0.25) is 5.91 Å². The van der Waals surface area contributed by atoms with Crippen LogP contribution in [-0.2, 0) is 11.3 Å². The van der Waals surface area contributed by atoms with Crippen LogP contribution in [0, 0.1) is 13.8 Å². The van der Waals surface area contributed by atoms with Crippen molar-refractivity contribution in [3.63, 3.8) is 0 Å². The van der Waals surface area contributed by atoms with E-state index in [1.807, 2.05) is 54.5 Å². The van der Waals surface area contributed by atoms with Crippen LogP contribution in [0.25, 0.3) is 0 Å². The number of aromatic nitrogens is 3. The minimum atomic E-state index is -0.172. The van der Waals surface area contributed by atoms with Crippen LogP contribution in [0.4, 0.5) is 5.69 Å². The van der Waals surface area contributed by atoms with Gasteiger partial charge < -0.3 is 14.8 Å². The van der Waals surface area contributed by atoms with E-state index >= 15 is 0 Å². The van der Waals surface area contributed by atoms with Crippen molar-refractivity contribution in [2.45, 2.75) is 51.4 Å². The molecule has 1 atom stereocenters. The van der Waals surface area contributed by atoms with Gasteiger partial charge in [0.15, 0.2) is 11.0 Å². The lowest BCUT2D eigenvalue weighted by Crippen LogP contribution is -2.32.